The Labute approximate surface area is 197 Å². The fraction of sp³-hybridized carbons (Fsp3) is 0.222. The van der Waals surface area contributed by atoms with Crippen molar-refractivity contribution in [3.63, 3.8) is 0 Å². The molecule has 0 aromatic heterocycles. The Balaban J connectivity index is 1.53. The highest BCUT2D eigenvalue weighted by Crippen LogP contribution is 2.35. The van der Waals surface area contributed by atoms with Crippen LogP contribution in [0.15, 0.2) is 66.7 Å². The molecule has 5 rings (SSSR count). The minimum Gasteiger partial charge on any atom is -0.497 e. The molecule has 0 saturated heterocycles. The first kappa shape index (κ1) is 21.7. The second-order valence-corrected chi connectivity index (χ2v) is 8.33. The summed E-state index contributed by atoms with van der Waals surface area (Å²) in [5.41, 5.74) is 3.26. The Hall–Kier alpha value is -4.13. The second-order valence-electron chi connectivity index (χ2n) is 8.33. The van der Waals surface area contributed by atoms with E-state index in [-0.39, 0.29) is 24.3 Å². The first-order valence-electron chi connectivity index (χ1n) is 11.1. The highest BCUT2D eigenvalue weighted by atomic mass is 16.5. The van der Waals surface area contributed by atoms with Crippen LogP contribution in [0.2, 0.25) is 0 Å². The molecule has 0 N–H and O–H groups in total. The first-order chi connectivity index (χ1) is 16.5. The standard InChI is InChI=1S/C27H24N2O5/c1-33-19-13-18(14-20(15-19)34-2)25(30)28-12-11-17-7-3-4-8-21(17)24(28)16-29-26(31)22-9-5-6-10-23(22)27(29)32/h3-10,13-15,24H,11-12,16H2,1-2H3. The number of fused-ring (bicyclic) bond motifs is 2. The van der Waals surface area contributed by atoms with E-state index in [0.29, 0.717) is 41.2 Å². The molecule has 3 aromatic rings. The lowest BCUT2D eigenvalue weighted by Gasteiger charge is -2.39. The van der Waals surface area contributed by atoms with Crippen molar-refractivity contribution in [2.24, 2.45) is 0 Å². The monoisotopic (exact) mass is 456 g/mol. The number of amides is 3. The predicted molar refractivity (Wildman–Crippen MR) is 125 cm³/mol. The van der Waals surface area contributed by atoms with Gasteiger partial charge in [0.05, 0.1) is 37.9 Å². The van der Waals surface area contributed by atoms with Crippen molar-refractivity contribution in [3.05, 3.63) is 94.5 Å². The summed E-state index contributed by atoms with van der Waals surface area (Å²) >= 11 is 0. The van der Waals surface area contributed by atoms with Crippen molar-refractivity contribution < 1.29 is 23.9 Å². The van der Waals surface area contributed by atoms with Crippen molar-refractivity contribution in [2.75, 3.05) is 27.3 Å². The second kappa shape index (κ2) is 8.67. The van der Waals surface area contributed by atoms with Gasteiger partial charge in [-0.25, -0.2) is 0 Å². The third-order valence-electron chi connectivity index (χ3n) is 6.51. The fourth-order valence-electron chi connectivity index (χ4n) is 4.77. The van der Waals surface area contributed by atoms with Crippen LogP contribution in [0.1, 0.15) is 48.2 Å². The smallest absolute Gasteiger partial charge is 0.261 e. The van der Waals surface area contributed by atoms with E-state index < -0.39 is 6.04 Å². The van der Waals surface area contributed by atoms with Gasteiger partial charge in [-0.2, -0.15) is 0 Å². The van der Waals surface area contributed by atoms with Gasteiger partial charge in [0.15, 0.2) is 0 Å². The minimum atomic E-state index is -0.475. The molecule has 7 heteroatoms. The van der Waals surface area contributed by atoms with Crippen molar-refractivity contribution >= 4 is 17.7 Å². The zero-order valence-electron chi connectivity index (χ0n) is 19.0. The van der Waals surface area contributed by atoms with Gasteiger partial charge in [0.2, 0.25) is 0 Å². The summed E-state index contributed by atoms with van der Waals surface area (Å²) in [6.45, 7) is 0.541. The zero-order valence-corrected chi connectivity index (χ0v) is 19.0. The van der Waals surface area contributed by atoms with Crippen LogP contribution in [0.25, 0.3) is 0 Å². The van der Waals surface area contributed by atoms with E-state index >= 15 is 0 Å². The third-order valence-corrected chi connectivity index (χ3v) is 6.51. The summed E-state index contributed by atoms with van der Waals surface area (Å²) in [7, 11) is 3.07. The van der Waals surface area contributed by atoms with Gasteiger partial charge in [0, 0.05) is 18.2 Å². The number of rotatable bonds is 5. The molecule has 0 aliphatic carbocycles. The van der Waals surface area contributed by atoms with Gasteiger partial charge < -0.3 is 14.4 Å². The van der Waals surface area contributed by atoms with Crippen LogP contribution in [0.5, 0.6) is 11.5 Å². The van der Waals surface area contributed by atoms with Gasteiger partial charge in [0.25, 0.3) is 17.7 Å². The number of hydrogen-bond donors (Lipinski definition) is 0. The number of carbonyl (C=O) groups excluding carboxylic acids is 3. The van der Waals surface area contributed by atoms with Crippen LogP contribution in [-0.4, -0.2) is 54.8 Å². The number of nitrogens with zero attached hydrogens (tertiary/aromatic N) is 2. The number of hydrogen-bond acceptors (Lipinski definition) is 5. The molecule has 0 radical (unpaired) electrons. The summed E-state index contributed by atoms with van der Waals surface area (Å²) in [6.07, 6.45) is 0.682. The summed E-state index contributed by atoms with van der Waals surface area (Å²) in [5.74, 6) is 0.139. The number of methoxy groups -OCH3 is 2. The normalized spacial score (nSPS) is 16.8. The average Bonchev–Trinajstić information content (AvgIpc) is 3.13. The molecule has 0 saturated carbocycles. The van der Waals surface area contributed by atoms with E-state index in [2.05, 4.69) is 0 Å². The van der Waals surface area contributed by atoms with Crippen molar-refractivity contribution in [1.82, 2.24) is 9.80 Å². The lowest BCUT2D eigenvalue weighted by molar-refractivity contribution is 0.0502. The lowest BCUT2D eigenvalue weighted by atomic mass is 9.91. The summed E-state index contributed by atoms with van der Waals surface area (Å²) in [5, 5.41) is 0. The molecule has 0 fully saturated rings. The number of imide groups is 1. The van der Waals surface area contributed by atoms with E-state index in [0.717, 1.165) is 11.1 Å². The molecule has 3 aromatic carbocycles. The summed E-state index contributed by atoms with van der Waals surface area (Å²) in [6, 6.07) is 19.3. The molecule has 2 aliphatic heterocycles. The maximum absolute atomic E-state index is 13.7. The highest BCUT2D eigenvalue weighted by Gasteiger charge is 2.40. The number of benzene rings is 3. The first-order valence-corrected chi connectivity index (χ1v) is 11.1. The molecular formula is C27H24N2O5. The average molecular weight is 456 g/mol. The molecule has 1 unspecified atom stereocenters. The van der Waals surface area contributed by atoms with Gasteiger partial charge in [0.1, 0.15) is 11.5 Å². The quantitative estimate of drug-likeness (QED) is 0.547. The van der Waals surface area contributed by atoms with Crippen LogP contribution >= 0.6 is 0 Å². The Kier molecular flexibility index (Phi) is 5.53. The summed E-state index contributed by atoms with van der Waals surface area (Å²) in [4.78, 5) is 42.9. The van der Waals surface area contributed by atoms with E-state index in [9.17, 15) is 14.4 Å². The molecule has 34 heavy (non-hydrogen) atoms. The minimum absolute atomic E-state index is 0.0796. The Morgan fingerprint density at radius 3 is 2.09 bits per heavy atom. The lowest BCUT2D eigenvalue weighted by Crippen LogP contribution is -2.46. The largest absolute Gasteiger partial charge is 0.497 e. The molecule has 3 amide bonds. The number of ether oxygens (including phenoxy) is 2. The van der Waals surface area contributed by atoms with Crippen LogP contribution < -0.4 is 9.47 Å². The van der Waals surface area contributed by atoms with Gasteiger partial charge in [-0.1, -0.05) is 36.4 Å². The summed E-state index contributed by atoms with van der Waals surface area (Å²) < 4.78 is 10.7. The molecule has 0 bridgehead atoms. The van der Waals surface area contributed by atoms with Crippen molar-refractivity contribution in [1.29, 1.82) is 0 Å². The molecule has 2 heterocycles. The van der Waals surface area contributed by atoms with Crippen LogP contribution in [0, 0.1) is 0 Å². The SMILES string of the molecule is COc1cc(OC)cc(C(=O)N2CCc3ccccc3C2CN2C(=O)c3ccccc3C2=O)c1. The predicted octanol–water partition coefficient (Wildman–Crippen LogP) is 3.74. The van der Waals surface area contributed by atoms with E-state index in [1.54, 1.807) is 47.4 Å². The van der Waals surface area contributed by atoms with Crippen LogP contribution in [0.3, 0.4) is 0 Å². The van der Waals surface area contributed by atoms with Gasteiger partial charge in [-0.05, 0) is 41.8 Å². The van der Waals surface area contributed by atoms with E-state index in [4.69, 9.17) is 9.47 Å². The molecular weight excluding hydrogens is 432 g/mol. The Morgan fingerprint density at radius 2 is 1.47 bits per heavy atom. The van der Waals surface area contributed by atoms with Gasteiger partial charge in [-0.3, -0.25) is 19.3 Å². The Morgan fingerprint density at radius 1 is 0.882 bits per heavy atom. The van der Waals surface area contributed by atoms with Crippen molar-refractivity contribution in [3.8, 4) is 11.5 Å². The molecule has 172 valence electrons. The van der Waals surface area contributed by atoms with E-state index in [1.807, 2.05) is 24.3 Å². The molecule has 0 spiro atoms. The molecule has 1 atom stereocenters. The maximum atomic E-state index is 13.7. The maximum Gasteiger partial charge on any atom is 0.261 e. The van der Waals surface area contributed by atoms with E-state index in [1.165, 1.54) is 19.1 Å². The van der Waals surface area contributed by atoms with Gasteiger partial charge in [-0.15, -0.1) is 0 Å². The number of carbonyl (C=O) groups is 3. The molecule has 2 aliphatic rings. The molecule has 7 nitrogen and oxygen atoms in total. The third kappa shape index (κ3) is 3.59. The van der Waals surface area contributed by atoms with Crippen LogP contribution in [0.4, 0.5) is 0 Å². The highest BCUT2D eigenvalue weighted by molar-refractivity contribution is 6.21. The fourth-order valence-corrected chi connectivity index (χ4v) is 4.77. The Bertz CT molecular complexity index is 1240. The van der Waals surface area contributed by atoms with Crippen molar-refractivity contribution in [2.45, 2.75) is 12.5 Å². The van der Waals surface area contributed by atoms with Crippen LogP contribution in [-0.2, 0) is 6.42 Å². The van der Waals surface area contributed by atoms with Gasteiger partial charge >= 0.3 is 0 Å². The zero-order chi connectivity index (χ0) is 23.8. The topological polar surface area (TPSA) is 76.2 Å².